The number of halogens is 1. The molecule has 0 atom stereocenters. The first kappa shape index (κ1) is 27.3. The van der Waals surface area contributed by atoms with Crippen LogP contribution in [0.1, 0.15) is 26.3 Å². The maximum absolute atomic E-state index is 5.50. The number of ether oxygens (including phenoxy) is 1. The molecule has 0 aromatic heterocycles. The van der Waals surface area contributed by atoms with Crippen LogP contribution in [0.3, 0.4) is 0 Å². The summed E-state index contributed by atoms with van der Waals surface area (Å²) in [5.74, 6) is 0.923. The molecule has 1 aromatic rings. The van der Waals surface area contributed by atoms with Gasteiger partial charge in [-0.05, 0) is 26.3 Å². The molecule has 2 heterocycles. The maximum atomic E-state index is 5.50. The van der Waals surface area contributed by atoms with Crippen molar-refractivity contribution in [1.82, 2.24) is 25.3 Å². The Hall–Kier alpha value is -0.940. The van der Waals surface area contributed by atoms with Gasteiger partial charge >= 0.3 is 0 Å². The number of benzene rings is 1. The van der Waals surface area contributed by atoms with Crippen LogP contribution in [0.2, 0.25) is 0 Å². The fourth-order valence-electron chi connectivity index (χ4n) is 4.23. The van der Waals surface area contributed by atoms with Crippen molar-refractivity contribution in [1.29, 1.82) is 0 Å². The molecule has 2 saturated heterocycles. The Labute approximate surface area is 212 Å². The molecule has 7 nitrogen and oxygen atoms in total. The van der Waals surface area contributed by atoms with Gasteiger partial charge in [-0.15, -0.1) is 24.0 Å². The van der Waals surface area contributed by atoms with Crippen molar-refractivity contribution in [2.45, 2.75) is 32.9 Å². The predicted octanol–water partition coefficient (Wildman–Crippen LogP) is 2.09. The summed E-state index contributed by atoms with van der Waals surface area (Å²) in [5.41, 5.74) is 1.45. The van der Waals surface area contributed by atoms with E-state index in [-0.39, 0.29) is 29.5 Å². The molecule has 0 aliphatic carbocycles. The van der Waals surface area contributed by atoms with Gasteiger partial charge in [-0.3, -0.25) is 19.7 Å². The number of aliphatic imine (C=N–C) groups is 1. The smallest absolute Gasteiger partial charge is 0.191 e. The van der Waals surface area contributed by atoms with Gasteiger partial charge in [0.25, 0.3) is 0 Å². The van der Waals surface area contributed by atoms with E-state index in [1.54, 1.807) is 0 Å². The fraction of sp³-hybridized carbons (Fsp3) is 0.708. The van der Waals surface area contributed by atoms with Crippen LogP contribution in [0.15, 0.2) is 35.3 Å². The number of guanidine groups is 1. The van der Waals surface area contributed by atoms with E-state index in [1.165, 1.54) is 5.56 Å². The third-order valence-corrected chi connectivity index (χ3v) is 6.27. The summed E-state index contributed by atoms with van der Waals surface area (Å²) in [7, 11) is 0. The van der Waals surface area contributed by atoms with Crippen molar-refractivity contribution in [3.63, 3.8) is 0 Å². The summed E-state index contributed by atoms with van der Waals surface area (Å²) >= 11 is 0. The van der Waals surface area contributed by atoms with Crippen molar-refractivity contribution in [3.05, 3.63) is 35.9 Å². The van der Waals surface area contributed by atoms with Crippen LogP contribution in [-0.4, -0.2) is 105 Å². The molecule has 0 radical (unpaired) electrons. The lowest BCUT2D eigenvalue weighted by Crippen LogP contribution is -2.52. The molecule has 32 heavy (non-hydrogen) atoms. The minimum absolute atomic E-state index is 0. The first-order valence-corrected chi connectivity index (χ1v) is 11.9. The zero-order valence-electron chi connectivity index (χ0n) is 20.2. The Balaban J connectivity index is 0.00000363. The first-order valence-electron chi connectivity index (χ1n) is 11.9. The molecule has 2 aliphatic heterocycles. The van der Waals surface area contributed by atoms with Crippen LogP contribution in [0, 0.1) is 0 Å². The maximum Gasteiger partial charge on any atom is 0.191 e. The van der Waals surface area contributed by atoms with Gasteiger partial charge in [0.1, 0.15) is 0 Å². The number of hydrogen-bond acceptors (Lipinski definition) is 5. The predicted molar refractivity (Wildman–Crippen MR) is 144 cm³/mol. The molecule has 3 rings (SSSR count). The zero-order valence-corrected chi connectivity index (χ0v) is 22.5. The number of rotatable bonds is 9. The standard InChI is InChI=1S/C24H42N6O.HI/c1-4-25-23(27-21-24(2,3)30-16-18-31-19-17-30)26-10-11-28-12-14-29(15-13-28)20-22-8-6-5-7-9-22;/h5-9H,4,10-21H2,1-3H3,(H2,25,26,27);1H. The summed E-state index contributed by atoms with van der Waals surface area (Å²) < 4.78 is 5.50. The molecule has 182 valence electrons. The minimum atomic E-state index is 0. The van der Waals surface area contributed by atoms with Gasteiger partial charge in [-0.25, -0.2) is 0 Å². The summed E-state index contributed by atoms with van der Waals surface area (Å²) in [6, 6.07) is 10.8. The molecule has 0 saturated carbocycles. The highest BCUT2D eigenvalue weighted by atomic mass is 127. The Morgan fingerprint density at radius 3 is 2.28 bits per heavy atom. The van der Waals surface area contributed by atoms with E-state index < -0.39 is 0 Å². The van der Waals surface area contributed by atoms with Crippen molar-refractivity contribution in [2.75, 3.05) is 78.7 Å². The molecule has 0 unspecified atom stereocenters. The van der Waals surface area contributed by atoms with E-state index in [1.807, 2.05) is 0 Å². The summed E-state index contributed by atoms with van der Waals surface area (Å²) in [6.07, 6.45) is 0. The van der Waals surface area contributed by atoms with E-state index >= 15 is 0 Å². The van der Waals surface area contributed by atoms with Crippen molar-refractivity contribution in [3.8, 4) is 0 Å². The van der Waals surface area contributed by atoms with Gasteiger partial charge in [0.05, 0.1) is 19.8 Å². The Bertz CT molecular complexity index is 658. The van der Waals surface area contributed by atoms with Crippen molar-refractivity contribution in [2.24, 2.45) is 4.99 Å². The molecule has 2 fully saturated rings. The lowest BCUT2D eigenvalue weighted by Gasteiger charge is -2.40. The Morgan fingerprint density at radius 1 is 0.969 bits per heavy atom. The van der Waals surface area contributed by atoms with E-state index in [0.717, 1.165) is 91.2 Å². The molecule has 1 aromatic carbocycles. The molecule has 2 N–H and O–H groups in total. The first-order chi connectivity index (χ1) is 15.1. The van der Waals surface area contributed by atoms with Crippen molar-refractivity contribution >= 4 is 29.9 Å². The summed E-state index contributed by atoms with van der Waals surface area (Å²) in [4.78, 5) is 12.5. The van der Waals surface area contributed by atoms with Crippen LogP contribution >= 0.6 is 24.0 Å². The highest BCUT2D eigenvalue weighted by Crippen LogP contribution is 2.16. The zero-order chi connectivity index (χ0) is 21.9. The second-order valence-corrected chi connectivity index (χ2v) is 9.14. The van der Waals surface area contributed by atoms with Crippen LogP contribution in [0.5, 0.6) is 0 Å². The lowest BCUT2D eigenvalue weighted by molar-refractivity contribution is -0.00683. The molecule has 2 aliphatic rings. The Morgan fingerprint density at radius 2 is 1.62 bits per heavy atom. The van der Waals surface area contributed by atoms with E-state index in [4.69, 9.17) is 9.73 Å². The van der Waals surface area contributed by atoms with Crippen LogP contribution < -0.4 is 10.6 Å². The average Bonchev–Trinajstić information content (AvgIpc) is 2.80. The monoisotopic (exact) mass is 558 g/mol. The van der Waals surface area contributed by atoms with Gasteiger partial charge < -0.3 is 15.4 Å². The third kappa shape index (κ3) is 9.13. The fourth-order valence-corrected chi connectivity index (χ4v) is 4.23. The summed E-state index contributed by atoms with van der Waals surface area (Å²) in [5, 5.41) is 6.93. The van der Waals surface area contributed by atoms with Crippen LogP contribution in [0.25, 0.3) is 0 Å². The number of morpholine rings is 1. The van der Waals surface area contributed by atoms with Gasteiger partial charge in [0.15, 0.2) is 5.96 Å². The van der Waals surface area contributed by atoms with Gasteiger partial charge in [0, 0.05) is 71.0 Å². The quantitative estimate of drug-likeness (QED) is 0.275. The number of nitrogens with zero attached hydrogens (tertiary/aromatic N) is 4. The van der Waals surface area contributed by atoms with Crippen LogP contribution in [-0.2, 0) is 11.3 Å². The molecule has 8 heteroatoms. The largest absolute Gasteiger partial charge is 0.379 e. The number of piperazine rings is 1. The molecule has 0 spiro atoms. The minimum Gasteiger partial charge on any atom is -0.379 e. The average molecular weight is 559 g/mol. The lowest BCUT2D eigenvalue weighted by atomic mass is 10.0. The number of nitrogens with one attached hydrogen (secondary N) is 2. The van der Waals surface area contributed by atoms with Gasteiger partial charge in [-0.2, -0.15) is 0 Å². The molecular weight excluding hydrogens is 515 g/mol. The molecule has 0 amide bonds. The molecule has 0 bridgehead atoms. The van der Waals surface area contributed by atoms with Crippen molar-refractivity contribution < 1.29 is 4.74 Å². The topological polar surface area (TPSA) is 55.4 Å². The van der Waals surface area contributed by atoms with E-state index in [0.29, 0.717) is 0 Å². The van der Waals surface area contributed by atoms with E-state index in [2.05, 4.69) is 76.4 Å². The second-order valence-electron chi connectivity index (χ2n) is 9.14. The normalized spacial score (nSPS) is 19.4. The number of hydrogen-bond donors (Lipinski definition) is 2. The van der Waals surface area contributed by atoms with Gasteiger partial charge in [-0.1, -0.05) is 30.3 Å². The Kier molecular flexibility index (Phi) is 12.2. The van der Waals surface area contributed by atoms with E-state index in [9.17, 15) is 0 Å². The van der Waals surface area contributed by atoms with Crippen LogP contribution in [0.4, 0.5) is 0 Å². The van der Waals surface area contributed by atoms with Gasteiger partial charge in [0.2, 0.25) is 0 Å². The third-order valence-electron chi connectivity index (χ3n) is 6.27. The second kappa shape index (κ2) is 14.3. The highest BCUT2D eigenvalue weighted by molar-refractivity contribution is 14.0. The SMILES string of the molecule is CCNC(=NCC(C)(C)N1CCOCC1)NCCN1CCN(Cc2ccccc2)CC1.I. The highest BCUT2D eigenvalue weighted by Gasteiger charge is 2.28. The molecular formula is C24H43IN6O. The summed E-state index contributed by atoms with van der Waals surface area (Å²) in [6.45, 7) is 19.5.